The largest absolute Gasteiger partial charge is 0.315 e. The summed E-state index contributed by atoms with van der Waals surface area (Å²) in [5.74, 6) is 0.126. The molecule has 4 nitrogen and oxygen atoms in total. The molecule has 1 heterocycles. The van der Waals surface area contributed by atoms with Crippen molar-refractivity contribution in [2.24, 2.45) is 7.05 Å². The van der Waals surface area contributed by atoms with Crippen LogP contribution in [0.2, 0.25) is 0 Å². The highest BCUT2D eigenvalue weighted by molar-refractivity contribution is 5.94. The summed E-state index contributed by atoms with van der Waals surface area (Å²) in [4.78, 5) is 11.6. The van der Waals surface area contributed by atoms with E-state index >= 15 is 0 Å². The van der Waals surface area contributed by atoms with Crippen molar-refractivity contribution in [1.82, 2.24) is 15.1 Å². The second-order valence-corrected chi connectivity index (χ2v) is 4.01. The first-order valence-electron chi connectivity index (χ1n) is 5.36. The van der Waals surface area contributed by atoms with Crippen LogP contribution in [0.15, 0.2) is 12.3 Å². The molecule has 1 rings (SSSR count). The Morgan fingerprint density at radius 2 is 2.33 bits per heavy atom. The number of carbonyl (C=O) groups excluding carboxylic acids is 1. The normalized spacial score (nSPS) is 10.9. The maximum absolute atomic E-state index is 11.6. The summed E-state index contributed by atoms with van der Waals surface area (Å²) in [5, 5.41) is 7.35. The van der Waals surface area contributed by atoms with Gasteiger partial charge in [-0.15, -0.1) is 0 Å². The number of hydrogen-bond donors (Lipinski definition) is 1. The summed E-state index contributed by atoms with van der Waals surface area (Å²) in [6.45, 7) is 5.08. The van der Waals surface area contributed by atoms with Gasteiger partial charge in [-0.25, -0.2) is 0 Å². The molecule has 0 unspecified atom stereocenters. The van der Waals surface area contributed by atoms with Gasteiger partial charge in [-0.3, -0.25) is 9.48 Å². The van der Waals surface area contributed by atoms with Gasteiger partial charge in [-0.1, -0.05) is 13.8 Å². The smallest absolute Gasteiger partial charge is 0.183 e. The van der Waals surface area contributed by atoms with Gasteiger partial charge < -0.3 is 5.32 Å². The van der Waals surface area contributed by atoms with Crippen LogP contribution in [0.25, 0.3) is 0 Å². The fourth-order valence-electron chi connectivity index (χ4n) is 1.33. The molecule has 0 aliphatic rings. The lowest BCUT2D eigenvalue weighted by atomic mass is 10.1. The molecule has 0 aliphatic heterocycles. The quantitative estimate of drug-likeness (QED) is 0.569. The second-order valence-electron chi connectivity index (χ2n) is 4.01. The highest BCUT2D eigenvalue weighted by Gasteiger charge is 2.07. The molecule has 0 bridgehead atoms. The van der Waals surface area contributed by atoms with Crippen LogP contribution in [-0.2, 0) is 7.05 Å². The third-order valence-corrected chi connectivity index (χ3v) is 2.13. The Balaban J connectivity index is 2.25. The minimum atomic E-state index is 0.126. The van der Waals surface area contributed by atoms with E-state index in [4.69, 9.17) is 0 Å². The van der Waals surface area contributed by atoms with E-state index in [2.05, 4.69) is 24.3 Å². The zero-order valence-corrected chi connectivity index (χ0v) is 9.66. The SMILES string of the molecule is CC(C)NCCCC(=O)c1ccn(C)n1. The van der Waals surface area contributed by atoms with Gasteiger partial charge in [0.15, 0.2) is 5.78 Å². The molecule has 0 fully saturated rings. The monoisotopic (exact) mass is 209 g/mol. The number of aromatic nitrogens is 2. The van der Waals surface area contributed by atoms with E-state index in [1.165, 1.54) is 0 Å². The molecule has 0 atom stereocenters. The van der Waals surface area contributed by atoms with Gasteiger partial charge in [-0.05, 0) is 19.0 Å². The van der Waals surface area contributed by atoms with Gasteiger partial charge in [0.1, 0.15) is 5.69 Å². The van der Waals surface area contributed by atoms with Gasteiger partial charge in [0.2, 0.25) is 0 Å². The number of nitrogens with one attached hydrogen (secondary N) is 1. The average molecular weight is 209 g/mol. The molecule has 1 aromatic heterocycles. The van der Waals surface area contributed by atoms with Crippen LogP contribution in [0.1, 0.15) is 37.2 Å². The Bertz CT molecular complexity index is 317. The van der Waals surface area contributed by atoms with Crippen molar-refractivity contribution in [3.63, 3.8) is 0 Å². The summed E-state index contributed by atoms with van der Waals surface area (Å²) in [6.07, 6.45) is 3.23. The first kappa shape index (κ1) is 11.9. The minimum Gasteiger partial charge on any atom is -0.315 e. The Kier molecular flexibility index (Phi) is 4.49. The number of hydrogen-bond acceptors (Lipinski definition) is 3. The second kappa shape index (κ2) is 5.66. The summed E-state index contributed by atoms with van der Waals surface area (Å²) >= 11 is 0. The fraction of sp³-hybridized carbons (Fsp3) is 0.636. The van der Waals surface area contributed by atoms with Gasteiger partial charge in [0, 0.05) is 25.7 Å². The molecular weight excluding hydrogens is 190 g/mol. The van der Waals surface area contributed by atoms with Gasteiger partial charge >= 0.3 is 0 Å². The summed E-state index contributed by atoms with van der Waals surface area (Å²) in [7, 11) is 1.82. The Labute approximate surface area is 90.7 Å². The Morgan fingerprint density at radius 3 is 2.87 bits per heavy atom. The van der Waals surface area contributed by atoms with E-state index in [1.807, 2.05) is 7.05 Å². The number of aryl methyl sites for hydroxylation is 1. The van der Waals surface area contributed by atoms with Crippen molar-refractivity contribution in [3.05, 3.63) is 18.0 Å². The minimum absolute atomic E-state index is 0.126. The van der Waals surface area contributed by atoms with Crippen molar-refractivity contribution in [3.8, 4) is 0 Å². The predicted molar refractivity (Wildman–Crippen MR) is 59.9 cm³/mol. The highest BCUT2D eigenvalue weighted by Crippen LogP contribution is 2.01. The van der Waals surface area contributed by atoms with Crippen molar-refractivity contribution in [1.29, 1.82) is 0 Å². The molecule has 15 heavy (non-hydrogen) atoms. The van der Waals surface area contributed by atoms with Crippen molar-refractivity contribution in [2.45, 2.75) is 32.7 Å². The van der Waals surface area contributed by atoms with Crippen LogP contribution in [0.4, 0.5) is 0 Å². The topological polar surface area (TPSA) is 46.9 Å². The molecule has 84 valence electrons. The first-order valence-corrected chi connectivity index (χ1v) is 5.36. The van der Waals surface area contributed by atoms with Crippen LogP contribution in [0.3, 0.4) is 0 Å². The Hall–Kier alpha value is -1.16. The lowest BCUT2D eigenvalue weighted by molar-refractivity contribution is 0.0974. The zero-order chi connectivity index (χ0) is 11.3. The van der Waals surface area contributed by atoms with Crippen molar-refractivity contribution < 1.29 is 4.79 Å². The van der Waals surface area contributed by atoms with Crippen molar-refractivity contribution in [2.75, 3.05) is 6.54 Å². The van der Waals surface area contributed by atoms with Crippen LogP contribution in [0.5, 0.6) is 0 Å². The molecule has 1 N–H and O–H groups in total. The van der Waals surface area contributed by atoms with Crippen LogP contribution in [-0.4, -0.2) is 28.2 Å². The first-order chi connectivity index (χ1) is 7.09. The summed E-state index contributed by atoms with van der Waals surface area (Å²) < 4.78 is 1.65. The predicted octanol–water partition coefficient (Wildman–Crippen LogP) is 1.38. The molecule has 0 aromatic carbocycles. The molecular formula is C11H19N3O. The Morgan fingerprint density at radius 1 is 1.60 bits per heavy atom. The maximum Gasteiger partial charge on any atom is 0.183 e. The number of Topliss-reactive ketones (excluding diaryl/α,β-unsaturated/α-hetero) is 1. The van der Waals surface area contributed by atoms with Gasteiger partial charge in [-0.2, -0.15) is 5.10 Å². The zero-order valence-electron chi connectivity index (χ0n) is 9.66. The third kappa shape index (κ3) is 4.25. The van der Waals surface area contributed by atoms with Crippen molar-refractivity contribution >= 4 is 5.78 Å². The third-order valence-electron chi connectivity index (χ3n) is 2.13. The highest BCUT2D eigenvalue weighted by atomic mass is 16.1. The van der Waals surface area contributed by atoms with E-state index < -0.39 is 0 Å². The van der Waals surface area contributed by atoms with Crippen LogP contribution >= 0.6 is 0 Å². The van der Waals surface area contributed by atoms with E-state index in [-0.39, 0.29) is 5.78 Å². The summed E-state index contributed by atoms with van der Waals surface area (Å²) in [5.41, 5.74) is 0.571. The van der Waals surface area contributed by atoms with E-state index in [1.54, 1.807) is 16.9 Å². The van der Waals surface area contributed by atoms with Gasteiger partial charge in [0.25, 0.3) is 0 Å². The number of carbonyl (C=O) groups is 1. The van der Waals surface area contributed by atoms with Crippen LogP contribution < -0.4 is 5.32 Å². The number of nitrogens with zero attached hydrogens (tertiary/aromatic N) is 2. The molecule has 0 radical (unpaired) electrons. The maximum atomic E-state index is 11.6. The average Bonchev–Trinajstić information content (AvgIpc) is 2.59. The van der Waals surface area contributed by atoms with E-state index in [9.17, 15) is 4.79 Å². The molecule has 0 saturated carbocycles. The molecule has 0 spiro atoms. The lowest BCUT2D eigenvalue weighted by Gasteiger charge is -2.06. The lowest BCUT2D eigenvalue weighted by Crippen LogP contribution is -2.24. The molecule has 0 aliphatic carbocycles. The number of rotatable bonds is 6. The van der Waals surface area contributed by atoms with Crippen LogP contribution in [0, 0.1) is 0 Å². The van der Waals surface area contributed by atoms with Gasteiger partial charge in [0.05, 0.1) is 0 Å². The van der Waals surface area contributed by atoms with E-state index in [0.717, 1.165) is 13.0 Å². The summed E-state index contributed by atoms with van der Waals surface area (Å²) in [6, 6.07) is 2.24. The fourth-order valence-corrected chi connectivity index (χ4v) is 1.33. The standard InChI is InChI=1S/C11H19N3O/c1-9(2)12-7-4-5-11(15)10-6-8-14(3)13-10/h6,8-9,12H,4-5,7H2,1-3H3. The molecule has 1 aromatic rings. The number of ketones is 1. The molecule has 4 heteroatoms. The molecule has 0 amide bonds. The van der Waals surface area contributed by atoms with E-state index in [0.29, 0.717) is 18.2 Å². The molecule has 0 saturated heterocycles.